The van der Waals surface area contributed by atoms with Crippen LogP contribution in [0.15, 0.2) is 18.2 Å². The maximum atomic E-state index is 13.3. The van der Waals surface area contributed by atoms with Crippen molar-refractivity contribution in [2.75, 3.05) is 14.2 Å². The van der Waals surface area contributed by atoms with E-state index in [1.54, 1.807) is 0 Å². The summed E-state index contributed by atoms with van der Waals surface area (Å²) in [5, 5.41) is 2.56. The van der Waals surface area contributed by atoms with Crippen LogP contribution in [0.2, 0.25) is 0 Å². The van der Waals surface area contributed by atoms with Crippen molar-refractivity contribution in [2.45, 2.75) is 6.04 Å². The zero-order valence-corrected chi connectivity index (χ0v) is 8.38. The topological polar surface area (TPSA) is 38.3 Å². The zero-order valence-electron chi connectivity index (χ0n) is 8.38. The van der Waals surface area contributed by atoms with Crippen molar-refractivity contribution < 1.29 is 18.3 Å². The number of rotatable bonds is 3. The quantitative estimate of drug-likeness (QED) is 0.774. The lowest BCUT2D eigenvalue weighted by atomic mass is 10.1. The highest BCUT2D eigenvalue weighted by Gasteiger charge is 2.22. The molecule has 1 unspecified atom stereocenters. The number of halogens is 2. The standard InChI is InChI=1S/C10H11F2NO2/c1-13-9(10(14)15-2)7-5-6(11)3-4-8(7)12/h3-5,9,13H,1-2H3. The third-order valence-corrected chi connectivity index (χ3v) is 1.99. The smallest absolute Gasteiger partial charge is 0.327 e. The lowest BCUT2D eigenvalue weighted by molar-refractivity contribution is -0.143. The van der Waals surface area contributed by atoms with Gasteiger partial charge in [0, 0.05) is 5.56 Å². The third kappa shape index (κ3) is 2.50. The molecule has 0 radical (unpaired) electrons. The van der Waals surface area contributed by atoms with Crippen molar-refractivity contribution in [1.29, 1.82) is 0 Å². The van der Waals surface area contributed by atoms with E-state index in [0.717, 1.165) is 18.2 Å². The van der Waals surface area contributed by atoms with Crippen LogP contribution >= 0.6 is 0 Å². The minimum absolute atomic E-state index is 0.0654. The lowest BCUT2D eigenvalue weighted by Gasteiger charge is -2.14. The second kappa shape index (κ2) is 4.84. The number of hydrogen-bond acceptors (Lipinski definition) is 3. The molecule has 5 heteroatoms. The number of methoxy groups -OCH3 is 1. The van der Waals surface area contributed by atoms with E-state index in [4.69, 9.17) is 0 Å². The van der Waals surface area contributed by atoms with Gasteiger partial charge in [0.15, 0.2) is 0 Å². The van der Waals surface area contributed by atoms with Gasteiger partial charge < -0.3 is 10.1 Å². The Morgan fingerprint density at radius 2 is 2.13 bits per heavy atom. The van der Waals surface area contributed by atoms with E-state index in [2.05, 4.69) is 10.1 Å². The first kappa shape index (κ1) is 11.6. The van der Waals surface area contributed by atoms with Crippen molar-refractivity contribution in [1.82, 2.24) is 5.32 Å². The molecule has 0 saturated carbocycles. The predicted octanol–water partition coefficient (Wildman–Crippen LogP) is 1.40. The Hall–Kier alpha value is -1.49. The van der Waals surface area contributed by atoms with Gasteiger partial charge >= 0.3 is 5.97 Å². The molecule has 0 spiro atoms. The van der Waals surface area contributed by atoms with E-state index in [1.807, 2.05) is 0 Å². The molecule has 1 N–H and O–H groups in total. The summed E-state index contributed by atoms with van der Waals surface area (Å²) in [6.45, 7) is 0. The van der Waals surface area contributed by atoms with Gasteiger partial charge in [-0.3, -0.25) is 0 Å². The second-order valence-corrected chi connectivity index (χ2v) is 2.91. The van der Waals surface area contributed by atoms with Crippen LogP contribution in [0.1, 0.15) is 11.6 Å². The summed E-state index contributed by atoms with van der Waals surface area (Å²) < 4.78 is 30.6. The predicted molar refractivity (Wildman–Crippen MR) is 50.2 cm³/mol. The number of hydrogen-bond donors (Lipinski definition) is 1. The van der Waals surface area contributed by atoms with E-state index in [-0.39, 0.29) is 5.56 Å². The normalized spacial score (nSPS) is 12.3. The van der Waals surface area contributed by atoms with Crippen LogP contribution in [0.3, 0.4) is 0 Å². The Bertz CT molecular complexity index is 368. The molecule has 0 saturated heterocycles. The maximum Gasteiger partial charge on any atom is 0.327 e. The van der Waals surface area contributed by atoms with Crippen LogP contribution in [0.25, 0.3) is 0 Å². The Labute approximate surface area is 86.0 Å². The second-order valence-electron chi connectivity index (χ2n) is 2.91. The van der Waals surface area contributed by atoms with Gasteiger partial charge in [0.2, 0.25) is 0 Å². The first-order valence-electron chi connectivity index (χ1n) is 4.30. The molecule has 3 nitrogen and oxygen atoms in total. The van der Waals surface area contributed by atoms with Crippen LogP contribution in [0.4, 0.5) is 8.78 Å². The number of benzene rings is 1. The Kier molecular flexibility index (Phi) is 3.74. The average Bonchev–Trinajstić information content (AvgIpc) is 2.23. The van der Waals surface area contributed by atoms with Crippen LogP contribution in [0.5, 0.6) is 0 Å². The summed E-state index contributed by atoms with van der Waals surface area (Å²) >= 11 is 0. The summed E-state index contributed by atoms with van der Waals surface area (Å²) in [7, 11) is 2.65. The number of nitrogens with one attached hydrogen (secondary N) is 1. The molecule has 0 bridgehead atoms. The molecule has 1 atom stereocenters. The summed E-state index contributed by atoms with van der Waals surface area (Å²) in [5.74, 6) is -1.92. The molecule has 0 aliphatic rings. The Morgan fingerprint density at radius 1 is 1.47 bits per heavy atom. The van der Waals surface area contributed by atoms with Crippen molar-refractivity contribution in [3.05, 3.63) is 35.4 Å². The minimum Gasteiger partial charge on any atom is -0.468 e. The molecular formula is C10H11F2NO2. The highest BCUT2D eigenvalue weighted by Crippen LogP contribution is 2.19. The highest BCUT2D eigenvalue weighted by molar-refractivity contribution is 5.77. The fraction of sp³-hybridized carbons (Fsp3) is 0.300. The molecule has 0 heterocycles. The van der Waals surface area contributed by atoms with Crippen molar-refractivity contribution in [3.8, 4) is 0 Å². The van der Waals surface area contributed by atoms with Gasteiger partial charge in [-0.2, -0.15) is 0 Å². The van der Waals surface area contributed by atoms with Gasteiger partial charge in [0.1, 0.15) is 17.7 Å². The fourth-order valence-corrected chi connectivity index (χ4v) is 1.25. The van der Waals surface area contributed by atoms with Crippen LogP contribution in [-0.2, 0) is 9.53 Å². The number of ether oxygens (including phenoxy) is 1. The molecule has 82 valence electrons. The van der Waals surface area contributed by atoms with Crippen molar-refractivity contribution in [3.63, 3.8) is 0 Å². The molecule has 0 amide bonds. The van der Waals surface area contributed by atoms with E-state index in [0.29, 0.717) is 0 Å². The van der Waals surface area contributed by atoms with Gasteiger partial charge in [0.05, 0.1) is 7.11 Å². The van der Waals surface area contributed by atoms with Gasteiger partial charge in [-0.05, 0) is 25.2 Å². The monoisotopic (exact) mass is 215 g/mol. The van der Waals surface area contributed by atoms with Gasteiger partial charge in [0.25, 0.3) is 0 Å². The molecular weight excluding hydrogens is 204 g/mol. The maximum absolute atomic E-state index is 13.3. The van der Waals surface area contributed by atoms with E-state index in [1.165, 1.54) is 14.2 Å². The molecule has 1 rings (SSSR count). The molecule has 0 fully saturated rings. The summed E-state index contributed by atoms with van der Waals surface area (Å²) in [5.41, 5.74) is -0.0654. The number of carbonyl (C=O) groups excluding carboxylic acids is 1. The fourth-order valence-electron chi connectivity index (χ4n) is 1.25. The number of likely N-dealkylation sites (N-methyl/N-ethyl adjacent to an activating group) is 1. The summed E-state index contributed by atoms with van der Waals surface area (Å²) in [6, 6.07) is 1.93. The zero-order chi connectivity index (χ0) is 11.4. The largest absolute Gasteiger partial charge is 0.468 e. The molecule has 1 aromatic rings. The average molecular weight is 215 g/mol. The van der Waals surface area contributed by atoms with E-state index >= 15 is 0 Å². The van der Waals surface area contributed by atoms with Crippen molar-refractivity contribution >= 4 is 5.97 Å². The Balaban J connectivity index is 3.11. The van der Waals surface area contributed by atoms with Gasteiger partial charge in [-0.15, -0.1) is 0 Å². The van der Waals surface area contributed by atoms with E-state index < -0.39 is 23.6 Å². The third-order valence-electron chi connectivity index (χ3n) is 1.99. The first-order chi connectivity index (χ1) is 7.10. The number of carbonyl (C=O) groups is 1. The lowest BCUT2D eigenvalue weighted by Crippen LogP contribution is -2.27. The summed E-state index contributed by atoms with van der Waals surface area (Å²) in [6.07, 6.45) is 0. The van der Waals surface area contributed by atoms with Crippen LogP contribution < -0.4 is 5.32 Å². The minimum atomic E-state index is -0.995. The molecule has 15 heavy (non-hydrogen) atoms. The molecule has 0 aliphatic carbocycles. The molecule has 0 aliphatic heterocycles. The number of esters is 1. The van der Waals surface area contributed by atoms with Crippen molar-refractivity contribution in [2.24, 2.45) is 0 Å². The Morgan fingerprint density at radius 3 is 2.67 bits per heavy atom. The van der Waals surface area contributed by atoms with Gasteiger partial charge in [-0.25, -0.2) is 13.6 Å². The summed E-state index contributed by atoms with van der Waals surface area (Å²) in [4.78, 5) is 11.2. The van der Waals surface area contributed by atoms with Crippen LogP contribution in [-0.4, -0.2) is 20.1 Å². The highest BCUT2D eigenvalue weighted by atomic mass is 19.1. The first-order valence-corrected chi connectivity index (χ1v) is 4.30. The van der Waals surface area contributed by atoms with Gasteiger partial charge in [-0.1, -0.05) is 0 Å². The van der Waals surface area contributed by atoms with E-state index in [9.17, 15) is 13.6 Å². The van der Waals surface area contributed by atoms with Crippen LogP contribution in [0, 0.1) is 11.6 Å². The SMILES string of the molecule is CNC(C(=O)OC)c1cc(F)ccc1F. The molecule has 0 aromatic heterocycles. The molecule has 1 aromatic carbocycles.